The second kappa shape index (κ2) is 8.19. The zero-order valence-electron chi connectivity index (χ0n) is 12.1. The molecule has 1 amide bonds. The van der Waals surface area contributed by atoms with Crippen molar-refractivity contribution in [1.29, 1.82) is 0 Å². The number of aryl methyl sites for hydroxylation is 1. The summed E-state index contributed by atoms with van der Waals surface area (Å²) < 4.78 is 10.3. The summed E-state index contributed by atoms with van der Waals surface area (Å²) >= 11 is 0. The molecule has 0 heterocycles. The van der Waals surface area contributed by atoms with Crippen LogP contribution in [0.1, 0.15) is 25.8 Å². The zero-order chi connectivity index (χ0) is 15.0. The first-order valence-electron chi connectivity index (χ1n) is 6.63. The Morgan fingerprint density at radius 3 is 2.45 bits per heavy atom. The van der Waals surface area contributed by atoms with Crippen molar-refractivity contribution in [3.63, 3.8) is 0 Å². The Morgan fingerprint density at radius 1 is 1.20 bits per heavy atom. The van der Waals surface area contributed by atoms with Gasteiger partial charge in [-0.1, -0.05) is 17.7 Å². The maximum absolute atomic E-state index is 11.5. The highest BCUT2D eigenvalue weighted by atomic mass is 16.5. The fourth-order valence-corrected chi connectivity index (χ4v) is 1.46. The Kier molecular flexibility index (Phi) is 6.56. The molecule has 0 unspecified atom stereocenters. The molecule has 0 fully saturated rings. The van der Waals surface area contributed by atoms with Gasteiger partial charge in [0.1, 0.15) is 5.75 Å². The molecule has 110 valence electrons. The second-order valence-corrected chi connectivity index (χ2v) is 4.74. The summed E-state index contributed by atoms with van der Waals surface area (Å²) in [7, 11) is 0. The van der Waals surface area contributed by atoms with Crippen LogP contribution in [-0.2, 0) is 14.3 Å². The molecule has 0 radical (unpaired) electrons. The first-order chi connectivity index (χ1) is 9.47. The molecule has 1 aromatic rings. The highest BCUT2D eigenvalue weighted by Gasteiger charge is 2.07. The van der Waals surface area contributed by atoms with E-state index in [1.807, 2.05) is 31.2 Å². The van der Waals surface area contributed by atoms with E-state index in [1.54, 1.807) is 13.8 Å². The summed E-state index contributed by atoms with van der Waals surface area (Å²) in [4.78, 5) is 22.7. The van der Waals surface area contributed by atoms with E-state index >= 15 is 0 Å². The molecular weight excluding hydrogens is 258 g/mol. The third-order valence-corrected chi connectivity index (χ3v) is 2.41. The molecule has 0 aliphatic rings. The van der Waals surface area contributed by atoms with Gasteiger partial charge >= 0.3 is 5.97 Å². The number of esters is 1. The van der Waals surface area contributed by atoms with Gasteiger partial charge in [-0.05, 0) is 32.9 Å². The third-order valence-electron chi connectivity index (χ3n) is 2.41. The first kappa shape index (κ1) is 16.0. The first-order valence-corrected chi connectivity index (χ1v) is 6.63. The standard InChI is InChI=1S/C15H21NO4/c1-11(2)20-15(18)8-9-16-14(17)10-19-13-6-4-12(3)5-7-13/h4-7,11H,8-10H2,1-3H3,(H,16,17). The lowest BCUT2D eigenvalue weighted by Gasteiger charge is -2.09. The highest BCUT2D eigenvalue weighted by molar-refractivity contribution is 5.78. The van der Waals surface area contributed by atoms with E-state index < -0.39 is 0 Å². The van der Waals surface area contributed by atoms with Gasteiger partial charge in [0, 0.05) is 6.54 Å². The molecule has 0 spiro atoms. The Balaban J connectivity index is 2.17. The number of rotatable bonds is 7. The van der Waals surface area contributed by atoms with E-state index in [1.165, 1.54) is 0 Å². The minimum atomic E-state index is -0.320. The SMILES string of the molecule is Cc1ccc(OCC(=O)NCCC(=O)OC(C)C)cc1. The van der Waals surface area contributed by atoms with E-state index in [0.29, 0.717) is 5.75 Å². The minimum absolute atomic E-state index is 0.0672. The van der Waals surface area contributed by atoms with Crippen LogP contribution in [0.15, 0.2) is 24.3 Å². The van der Waals surface area contributed by atoms with Gasteiger partial charge in [0.15, 0.2) is 6.61 Å². The van der Waals surface area contributed by atoms with Crippen LogP contribution in [0, 0.1) is 6.92 Å². The smallest absolute Gasteiger partial charge is 0.307 e. The summed E-state index contributed by atoms with van der Waals surface area (Å²) in [5.74, 6) is 0.0626. The van der Waals surface area contributed by atoms with Crippen LogP contribution < -0.4 is 10.1 Å². The predicted molar refractivity (Wildman–Crippen MR) is 75.5 cm³/mol. The van der Waals surface area contributed by atoms with Crippen LogP contribution in [0.4, 0.5) is 0 Å². The normalized spacial score (nSPS) is 10.2. The van der Waals surface area contributed by atoms with E-state index in [9.17, 15) is 9.59 Å². The number of amides is 1. The quantitative estimate of drug-likeness (QED) is 0.773. The average molecular weight is 279 g/mol. The molecule has 5 nitrogen and oxygen atoms in total. The van der Waals surface area contributed by atoms with E-state index in [4.69, 9.17) is 9.47 Å². The van der Waals surface area contributed by atoms with Gasteiger partial charge in [-0.3, -0.25) is 9.59 Å². The lowest BCUT2D eigenvalue weighted by molar-refractivity contribution is -0.147. The molecular formula is C15H21NO4. The maximum Gasteiger partial charge on any atom is 0.307 e. The number of carbonyl (C=O) groups excluding carboxylic acids is 2. The fraction of sp³-hybridized carbons (Fsp3) is 0.467. The minimum Gasteiger partial charge on any atom is -0.484 e. The fourth-order valence-electron chi connectivity index (χ4n) is 1.46. The number of carbonyl (C=O) groups is 2. The number of hydrogen-bond donors (Lipinski definition) is 1. The average Bonchev–Trinajstić information content (AvgIpc) is 2.37. The molecule has 1 rings (SSSR count). The molecule has 0 saturated heterocycles. The molecule has 20 heavy (non-hydrogen) atoms. The van der Waals surface area contributed by atoms with Crippen molar-refractivity contribution < 1.29 is 19.1 Å². The lowest BCUT2D eigenvalue weighted by Crippen LogP contribution is -2.31. The number of benzene rings is 1. The number of hydrogen-bond acceptors (Lipinski definition) is 4. The van der Waals surface area contributed by atoms with Gasteiger partial charge in [0.25, 0.3) is 5.91 Å². The van der Waals surface area contributed by atoms with Crippen LogP contribution in [0.3, 0.4) is 0 Å². The Morgan fingerprint density at radius 2 is 1.85 bits per heavy atom. The van der Waals surface area contributed by atoms with E-state index in [-0.39, 0.29) is 37.6 Å². The van der Waals surface area contributed by atoms with Crippen molar-refractivity contribution in [2.75, 3.05) is 13.2 Å². The van der Waals surface area contributed by atoms with Crippen LogP contribution >= 0.6 is 0 Å². The van der Waals surface area contributed by atoms with Gasteiger partial charge in [-0.2, -0.15) is 0 Å². The van der Waals surface area contributed by atoms with Crippen molar-refractivity contribution in [3.8, 4) is 5.75 Å². The van der Waals surface area contributed by atoms with Crippen LogP contribution in [0.25, 0.3) is 0 Å². The zero-order valence-corrected chi connectivity index (χ0v) is 12.1. The molecule has 0 aromatic heterocycles. The van der Waals surface area contributed by atoms with Gasteiger partial charge < -0.3 is 14.8 Å². The monoisotopic (exact) mass is 279 g/mol. The number of ether oxygens (including phenoxy) is 2. The molecule has 0 bridgehead atoms. The van der Waals surface area contributed by atoms with Gasteiger partial charge in [-0.15, -0.1) is 0 Å². The largest absolute Gasteiger partial charge is 0.484 e. The topological polar surface area (TPSA) is 64.6 Å². The van der Waals surface area contributed by atoms with Crippen molar-refractivity contribution in [1.82, 2.24) is 5.32 Å². The van der Waals surface area contributed by atoms with Crippen LogP contribution in [0.5, 0.6) is 5.75 Å². The summed E-state index contributed by atoms with van der Waals surface area (Å²) in [5, 5.41) is 2.60. The van der Waals surface area contributed by atoms with Gasteiger partial charge in [0.2, 0.25) is 0 Å². The maximum atomic E-state index is 11.5. The molecule has 1 aromatic carbocycles. The Hall–Kier alpha value is -2.04. The Labute approximate surface area is 119 Å². The van der Waals surface area contributed by atoms with Crippen molar-refractivity contribution >= 4 is 11.9 Å². The molecule has 0 aliphatic carbocycles. The molecule has 0 saturated carbocycles. The summed E-state index contributed by atoms with van der Waals surface area (Å²) in [5.41, 5.74) is 1.13. The van der Waals surface area contributed by atoms with Gasteiger partial charge in [-0.25, -0.2) is 0 Å². The Bertz CT molecular complexity index is 440. The summed E-state index contributed by atoms with van der Waals surface area (Å²) in [6, 6.07) is 7.44. The predicted octanol–water partition coefficient (Wildman–Crippen LogP) is 1.83. The summed E-state index contributed by atoms with van der Waals surface area (Å²) in [6.07, 6.45) is 0.0251. The number of nitrogens with one attached hydrogen (secondary N) is 1. The second-order valence-electron chi connectivity index (χ2n) is 4.74. The highest BCUT2D eigenvalue weighted by Crippen LogP contribution is 2.10. The van der Waals surface area contributed by atoms with Crippen molar-refractivity contribution in [2.24, 2.45) is 0 Å². The van der Waals surface area contributed by atoms with Crippen LogP contribution in [-0.4, -0.2) is 31.1 Å². The lowest BCUT2D eigenvalue weighted by atomic mass is 10.2. The van der Waals surface area contributed by atoms with Crippen molar-refractivity contribution in [3.05, 3.63) is 29.8 Å². The summed E-state index contributed by atoms with van der Waals surface area (Å²) in [6.45, 7) is 5.73. The molecule has 0 atom stereocenters. The van der Waals surface area contributed by atoms with Gasteiger partial charge in [0.05, 0.1) is 12.5 Å². The molecule has 5 heteroatoms. The third kappa shape index (κ3) is 6.78. The van der Waals surface area contributed by atoms with E-state index in [2.05, 4.69) is 5.32 Å². The van der Waals surface area contributed by atoms with Crippen LogP contribution in [0.2, 0.25) is 0 Å². The molecule has 1 N–H and O–H groups in total. The van der Waals surface area contributed by atoms with Crippen molar-refractivity contribution in [2.45, 2.75) is 33.3 Å². The molecule has 0 aliphatic heterocycles. The van der Waals surface area contributed by atoms with E-state index in [0.717, 1.165) is 5.56 Å².